The first-order valence-corrected chi connectivity index (χ1v) is 9.68. The molecule has 0 fully saturated rings. The minimum atomic E-state index is -3.62. The van der Waals surface area contributed by atoms with E-state index in [0.29, 0.717) is 17.8 Å². The van der Waals surface area contributed by atoms with Crippen molar-refractivity contribution in [1.82, 2.24) is 10.1 Å². The highest BCUT2D eigenvalue weighted by Crippen LogP contribution is 2.24. The molecule has 0 aliphatic rings. The number of sulfonamides is 1. The number of hydrogen-bond donors (Lipinski definition) is 1. The molecule has 3 rings (SSSR count). The third-order valence-electron chi connectivity index (χ3n) is 3.79. The van der Waals surface area contributed by atoms with Crippen LogP contribution in [0.1, 0.15) is 16.8 Å². The summed E-state index contributed by atoms with van der Waals surface area (Å²) in [5.74, 6) is 0. The van der Waals surface area contributed by atoms with E-state index in [2.05, 4.69) is 9.88 Å². The highest BCUT2D eigenvalue weighted by molar-refractivity contribution is 7.95. The van der Waals surface area contributed by atoms with Crippen LogP contribution in [0.4, 0.5) is 5.69 Å². The van der Waals surface area contributed by atoms with Crippen LogP contribution in [-0.4, -0.2) is 32.6 Å². The molecule has 0 aliphatic heterocycles. The van der Waals surface area contributed by atoms with Gasteiger partial charge >= 0.3 is 0 Å². The Morgan fingerprint density at radius 3 is 2.58 bits per heavy atom. The average Bonchev–Trinajstić information content (AvgIpc) is 2.96. The van der Waals surface area contributed by atoms with Gasteiger partial charge in [-0.15, -0.1) is 0 Å². The fraction of sp³-hybridized carbons (Fsp3) is 0.211. The van der Waals surface area contributed by atoms with Crippen molar-refractivity contribution < 1.29 is 12.9 Å². The van der Waals surface area contributed by atoms with Crippen molar-refractivity contribution in [2.45, 2.75) is 13.5 Å². The maximum atomic E-state index is 12.3. The van der Waals surface area contributed by atoms with Crippen molar-refractivity contribution >= 4 is 32.8 Å². The number of nitrogens with one attached hydrogen (secondary N) is 1. The predicted octanol–water partition coefficient (Wildman–Crippen LogP) is 3.61. The molecule has 0 radical (unpaired) electrons. The summed E-state index contributed by atoms with van der Waals surface area (Å²) in [6, 6.07) is 12.7. The molecule has 1 heterocycles. The largest absolute Gasteiger partial charge is 0.356 e. The average molecular weight is 371 g/mol. The van der Waals surface area contributed by atoms with Crippen LogP contribution < -0.4 is 4.72 Å². The normalized spacial score (nSPS) is 12.3. The van der Waals surface area contributed by atoms with Gasteiger partial charge in [-0.1, -0.05) is 35.0 Å². The molecule has 0 unspecified atom stereocenters. The summed E-state index contributed by atoms with van der Waals surface area (Å²) in [5, 5.41) is 6.00. The van der Waals surface area contributed by atoms with E-state index >= 15 is 0 Å². The molecular formula is C19H21N3O3S. The smallest absolute Gasteiger partial charge is 0.255 e. The van der Waals surface area contributed by atoms with Crippen molar-refractivity contribution in [3.8, 4) is 0 Å². The Kier molecular flexibility index (Phi) is 5.11. The van der Waals surface area contributed by atoms with Crippen molar-refractivity contribution in [3.63, 3.8) is 0 Å². The third kappa shape index (κ3) is 4.50. The molecule has 0 aliphatic carbocycles. The molecule has 0 atom stereocenters. The summed E-state index contributed by atoms with van der Waals surface area (Å²) < 4.78 is 32.5. The van der Waals surface area contributed by atoms with Gasteiger partial charge in [0.05, 0.1) is 5.41 Å². The lowest BCUT2D eigenvalue weighted by atomic mass is 10.2. The summed E-state index contributed by atoms with van der Waals surface area (Å²) in [6.07, 6.45) is 1.57. The summed E-state index contributed by atoms with van der Waals surface area (Å²) >= 11 is 0. The number of anilines is 1. The van der Waals surface area contributed by atoms with Gasteiger partial charge in [0.1, 0.15) is 5.69 Å². The van der Waals surface area contributed by atoms with Crippen molar-refractivity contribution in [2.24, 2.45) is 0 Å². The van der Waals surface area contributed by atoms with E-state index < -0.39 is 10.0 Å². The SMILES string of the molecule is Cc1ccc(C=CS(=O)(=O)Nc2ccc3onc(CN(C)C)c3c2)cc1. The van der Waals surface area contributed by atoms with Crippen LogP contribution in [-0.2, 0) is 16.6 Å². The van der Waals surface area contributed by atoms with Crippen LogP contribution in [0.2, 0.25) is 0 Å². The molecule has 0 amide bonds. The summed E-state index contributed by atoms with van der Waals surface area (Å²) in [6.45, 7) is 2.59. The van der Waals surface area contributed by atoms with E-state index in [1.54, 1.807) is 24.3 Å². The zero-order chi connectivity index (χ0) is 18.7. The summed E-state index contributed by atoms with van der Waals surface area (Å²) in [4.78, 5) is 1.97. The van der Waals surface area contributed by atoms with Gasteiger partial charge in [0, 0.05) is 17.6 Å². The van der Waals surface area contributed by atoms with Crippen LogP contribution in [0, 0.1) is 6.92 Å². The third-order valence-corrected chi connectivity index (χ3v) is 4.80. The first-order valence-electron chi connectivity index (χ1n) is 8.13. The monoisotopic (exact) mass is 371 g/mol. The number of benzene rings is 2. The van der Waals surface area contributed by atoms with Gasteiger partial charge in [-0.05, 0) is 50.9 Å². The fourth-order valence-electron chi connectivity index (χ4n) is 2.51. The van der Waals surface area contributed by atoms with Gasteiger partial charge in [-0.25, -0.2) is 8.42 Å². The van der Waals surface area contributed by atoms with E-state index in [1.165, 1.54) is 0 Å². The number of nitrogens with zero attached hydrogens (tertiary/aromatic N) is 2. The second-order valence-corrected chi connectivity index (χ2v) is 8.00. The van der Waals surface area contributed by atoms with Gasteiger partial charge in [0.2, 0.25) is 0 Å². The molecule has 0 spiro atoms. The minimum absolute atomic E-state index is 0.467. The van der Waals surface area contributed by atoms with E-state index in [-0.39, 0.29) is 0 Å². The highest BCUT2D eigenvalue weighted by atomic mass is 32.2. The molecule has 0 saturated carbocycles. The second kappa shape index (κ2) is 7.31. The molecule has 3 aromatic rings. The Morgan fingerprint density at radius 1 is 1.15 bits per heavy atom. The molecule has 7 heteroatoms. The van der Waals surface area contributed by atoms with Crippen LogP contribution >= 0.6 is 0 Å². The lowest BCUT2D eigenvalue weighted by Gasteiger charge is -2.07. The maximum Gasteiger partial charge on any atom is 0.255 e. The maximum absolute atomic E-state index is 12.3. The molecule has 1 N–H and O–H groups in total. The van der Waals surface area contributed by atoms with Crippen molar-refractivity contribution in [3.05, 3.63) is 64.7 Å². The van der Waals surface area contributed by atoms with Gasteiger partial charge in [-0.3, -0.25) is 4.72 Å². The van der Waals surface area contributed by atoms with Crippen molar-refractivity contribution in [1.29, 1.82) is 0 Å². The predicted molar refractivity (Wildman–Crippen MR) is 104 cm³/mol. The van der Waals surface area contributed by atoms with Crippen LogP contribution in [0.5, 0.6) is 0 Å². The second-order valence-electron chi connectivity index (χ2n) is 6.44. The number of aryl methyl sites for hydroxylation is 1. The van der Waals surface area contributed by atoms with E-state index in [9.17, 15) is 8.42 Å². The van der Waals surface area contributed by atoms with Crippen LogP contribution in [0.25, 0.3) is 17.0 Å². The van der Waals surface area contributed by atoms with Gasteiger partial charge in [-0.2, -0.15) is 0 Å². The zero-order valence-corrected chi connectivity index (χ0v) is 15.7. The van der Waals surface area contributed by atoms with Crippen LogP contribution in [0.15, 0.2) is 52.4 Å². The molecule has 136 valence electrons. The first-order chi connectivity index (χ1) is 12.3. The molecule has 0 saturated heterocycles. The molecule has 26 heavy (non-hydrogen) atoms. The highest BCUT2D eigenvalue weighted by Gasteiger charge is 2.12. The molecule has 0 bridgehead atoms. The number of fused-ring (bicyclic) bond motifs is 1. The Labute approximate surface area is 153 Å². The number of rotatable bonds is 6. The molecule has 2 aromatic carbocycles. The summed E-state index contributed by atoms with van der Waals surface area (Å²) in [5.41, 5.74) is 3.80. The van der Waals surface area contributed by atoms with Crippen LogP contribution in [0.3, 0.4) is 0 Å². The quantitative estimate of drug-likeness (QED) is 0.716. The summed E-state index contributed by atoms with van der Waals surface area (Å²) in [7, 11) is 0.244. The number of hydrogen-bond acceptors (Lipinski definition) is 5. The minimum Gasteiger partial charge on any atom is -0.356 e. The standard InChI is InChI=1S/C19H21N3O3S/c1-14-4-6-15(7-5-14)10-11-26(23,24)21-16-8-9-19-17(12-16)18(20-25-19)13-22(2)3/h4-12,21H,13H2,1-3H3. The van der Waals surface area contributed by atoms with E-state index in [4.69, 9.17) is 4.52 Å². The Bertz CT molecular complexity index is 1040. The Balaban J connectivity index is 1.81. The number of aromatic nitrogens is 1. The molecule has 6 nitrogen and oxygen atoms in total. The first kappa shape index (κ1) is 18.2. The van der Waals surface area contributed by atoms with Gasteiger partial charge < -0.3 is 9.42 Å². The van der Waals surface area contributed by atoms with Crippen molar-refractivity contribution in [2.75, 3.05) is 18.8 Å². The Morgan fingerprint density at radius 2 is 1.88 bits per heavy atom. The molecular weight excluding hydrogens is 350 g/mol. The van der Waals surface area contributed by atoms with Gasteiger partial charge in [0.15, 0.2) is 5.58 Å². The Hall–Kier alpha value is -2.64. The molecule has 1 aromatic heterocycles. The topological polar surface area (TPSA) is 75.4 Å². The van der Waals surface area contributed by atoms with Gasteiger partial charge in [0.25, 0.3) is 10.0 Å². The van der Waals surface area contributed by atoms with E-state index in [1.807, 2.05) is 50.2 Å². The fourth-order valence-corrected chi connectivity index (χ4v) is 3.37. The lowest BCUT2D eigenvalue weighted by Crippen LogP contribution is -2.11. The zero-order valence-electron chi connectivity index (χ0n) is 14.9. The lowest BCUT2D eigenvalue weighted by molar-refractivity contribution is 0.373. The van der Waals surface area contributed by atoms with E-state index in [0.717, 1.165) is 27.6 Å².